The molecule has 1 aromatic carbocycles. The lowest BCUT2D eigenvalue weighted by molar-refractivity contribution is 0.141. The lowest BCUT2D eigenvalue weighted by Gasteiger charge is -2.34. The third kappa shape index (κ3) is 5.90. The Balaban J connectivity index is 1.36. The van der Waals surface area contributed by atoms with E-state index in [1.165, 1.54) is 62.3 Å². The van der Waals surface area contributed by atoms with Crippen LogP contribution in [0.15, 0.2) is 36.4 Å². The predicted octanol–water partition coefficient (Wildman–Crippen LogP) is 5.09. The van der Waals surface area contributed by atoms with Crippen LogP contribution in [0, 0.1) is 13.8 Å². The topological polar surface area (TPSA) is 37.2 Å². The number of imidazole rings is 1. The minimum absolute atomic E-state index is 0.807. The maximum atomic E-state index is 4.87. The number of piperazine rings is 1. The zero-order valence-corrected chi connectivity index (χ0v) is 20.8. The summed E-state index contributed by atoms with van der Waals surface area (Å²) in [5.74, 6) is 1.10. The summed E-state index contributed by atoms with van der Waals surface area (Å²) < 4.78 is 2.28. The molecule has 0 atom stereocenters. The third-order valence-corrected chi connectivity index (χ3v) is 6.70. The second kappa shape index (κ2) is 11.1. The van der Waals surface area contributed by atoms with Gasteiger partial charge in [-0.15, -0.1) is 0 Å². The first kappa shape index (κ1) is 23.7. The Hall–Kier alpha value is -2.50. The van der Waals surface area contributed by atoms with E-state index in [1.54, 1.807) is 0 Å². The zero-order chi connectivity index (χ0) is 23.2. The van der Waals surface area contributed by atoms with Gasteiger partial charge in [0.15, 0.2) is 5.65 Å². The minimum atomic E-state index is 0.807. The van der Waals surface area contributed by atoms with E-state index in [0.29, 0.717) is 0 Å². The molecule has 0 N–H and O–H groups in total. The van der Waals surface area contributed by atoms with Gasteiger partial charge < -0.3 is 9.47 Å². The standard InChI is InChI=1S/C28H39N5/c1-5-7-14-31-16-18-32(19-17-31)15-8-9-24-10-12-25(13-11-24)21-33-26(6-2)30-27-22(3)20-23(4)29-28(27)33/h8-13,20H,5-7,14-19,21H2,1-4H3. The van der Waals surface area contributed by atoms with E-state index in [-0.39, 0.29) is 0 Å². The summed E-state index contributed by atoms with van der Waals surface area (Å²) >= 11 is 0. The average molecular weight is 446 g/mol. The monoisotopic (exact) mass is 445 g/mol. The molecule has 1 aliphatic heterocycles. The fraction of sp³-hybridized carbons (Fsp3) is 0.500. The normalized spacial score (nSPS) is 15.8. The number of aryl methyl sites for hydroxylation is 3. The first-order valence-electron chi connectivity index (χ1n) is 12.6. The van der Waals surface area contributed by atoms with Crippen LogP contribution in [0.1, 0.15) is 54.9 Å². The van der Waals surface area contributed by atoms with Crippen LogP contribution < -0.4 is 0 Å². The van der Waals surface area contributed by atoms with Gasteiger partial charge in [-0.25, -0.2) is 9.97 Å². The van der Waals surface area contributed by atoms with E-state index in [2.05, 4.69) is 84.5 Å². The molecule has 4 rings (SSSR count). The highest BCUT2D eigenvalue weighted by atomic mass is 15.3. The fourth-order valence-electron chi connectivity index (χ4n) is 4.72. The van der Waals surface area contributed by atoms with E-state index in [4.69, 9.17) is 9.97 Å². The molecule has 176 valence electrons. The highest BCUT2D eigenvalue weighted by Crippen LogP contribution is 2.21. The largest absolute Gasteiger partial charge is 0.308 e. The molecule has 33 heavy (non-hydrogen) atoms. The maximum Gasteiger partial charge on any atom is 0.160 e. The van der Waals surface area contributed by atoms with E-state index in [9.17, 15) is 0 Å². The van der Waals surface area contributed by atoms with Crippen LogP contribution >= 0.6 is 0 Å². The maximum absolute atomic E-state index is 4.87. The van der Waals surface area contributed by atoms with Crippen LogP contribution in [-0.4, -0.2) is 63.6 Å². The molecule has 5 nitrogen and oxygen atoms in total. The second-order valence-corrected chi connectivity index (χ2v) is 9.36. The van der Waals surface area contributed by atoms with Crippen molar-refractivity contribution in [2.75, 3.05) is 39.3 Å². The first-order chi connectivity index (χ1) is 16.1. The molecule has 0 unspecified atom stereocenters. The van der Waals surface area contributed by atoms with E-state index < -0.39 is 0 Å². The number of rotatable bonds is 9. The Labute approximate surface area is 199 Å². The summed E-state index contributed by atoms with van der Waals surface area (Å²) in [5.41, 5.74) is 6.83. The van der Waals surface area contributed by atoms with Gasteiger partial charge in [-0.05, 0) is 49.6 Å². The van der Waals surface area contributed by atoms with Gasteiger partial charge in [0.2, 0.25) is 0 Å². The van der Waals surface area contributed by atoms with Crippen molar-refractivity contribution in [3.63, 3.8) is 0 Å². The van der Waals surface area contributed by atoms with Crippen molar-refractivity contribution in [2.24, 2.45) is 0 Å². The van der Waals surface area contributed by atoms with Crippen LogP contribution in [0.2, 0.25) is 0 Å². The smallest absolute Gasteiger partial charge is 0.160 e. The third-order valence-electron chi connectivity index (χ3n) is 6.70. The van der Waals surface area contributed by atoms with E-state index >= 15 is 0 Å². The molecule has 0 amide bonds. The molecule has 1 aliphatic rings. The molecule has 0 aliphatic carbocycles. The molecule has 0 saturated carbocycles. The van der Waals surface area contributed by atoms with Gasteiger partial charge in [-0.3, -0.25) is 4.90 Å². The number of hydrogen-bond donors (Lipinski definition) is 0. The summed E-state index contributed by atoms with van der Waals surface area (Å²) in [4.78, 5) is 14.8. The van der Waals surface area contributed by atoms with Crippen molar-refractivity contribution in [1.82, 2.24) is 24.3 Å². The van der Waals surface area contributed by atoms with E-state index in [1.807, 2.05) is 0 Å². The van der Waals surface area contributed by atoms with Crippen molar-refractivity contribution in [3.05, 3.63) is 64.6 Å². The van der Waals surface area contributed by atoms with Crippen LogP contribution in [0.3, 0.4) is 0 Å². The second-order valence-electron chi connectivity index (χ2n) is 9.36. The summed E-state index contributed by atoms with van der Waals surface area (Å²) in [7, 11) is 0. The quantitative estimate of drug-likeness (QED) is 0.460. The van der Waals surface area contributed by atoms with Crippen molar-refractivity contribution in [3.8, 4) is 0 Å². The van der Waals surface area contributed by atoms with Gasteiger partial charge >= 0.3 is 0 Å². The fourth-order valence-corrected chi connectivity index (χ4v) is 4.72. The van der Waals surface area contributed by atoms with Crippen LogP contribution in [0.5, 0.6) is 0 Å². The SMILES string of the molecule is CCCCN1CCN(CC=Cc2ccc(Cn3c(CC)nc4c(C)cc(C)nc43)cc2)CC1. The Morgan fingerprint density at radius 2 is 1.67 bits per heavy atom. The van der Waals surface area contributed by atoms with Gasteiger partial charge in [0, 0.05) is 44.8 Å². The first-order valence-corrected chi connectivity index (χ1v) is 12.6. The molecule has 0 bridgehead atoms. The number of aromatic nitrogens is 3. The van der Waals surface area contributed by atoms with Gasteiger partial charge in [-0.2, -0.15) is 0 Å². The number of nitrogens with zero attached hydrogens (tertiary/aromatic N) is 5. The molecule has 5 heteroatoms. The molecule has 3 aromatic rings. The van der Waals surface area contributed by atoms with Gasteiger partial charge in [0.05, 0.1) is 6.54 Å². The van der Waals surface area contributed by atoms with Gasteiger partial charge in [-0.1, -0.05) is 56.7 Å². The lowest BCUT2D eigenvalue weighted by atomic mass is 10.1. The van der Waals surface area contributed by atoms with Gasteiger partial charge in [0.1, 0.15) is 11.3 Å². The zero-order valence-electron chi connectivity index (χ0n) is 20.8. The Morgan fingerprint density at radius 3 is 2.36 bits per heavy atom. The van der Waals surface area contributed by atoms with Crippen molar-refractivity contribution >= 4 is 17.2 Å². The van der Waals surface area contributed by atoms with Crippen LogP contribution in [0.25, 0.3) is 17.2 Å². The molecule has 0 radical (unpaired) electrons. The number of benzene rings is 1. The van der Waals surface area contributed by atoms with Crippen molar-refractivity contribution < 1.29 is 0 Å². The number of hydrogen-bond acceptors (Lipinski definition) is 4. The summed E-state index contributed by atoms with van der Waals surface area (Å²) in [6.45, 7) is 16.5. The molecular formula is C28H39N5. The highest BCUT2D eigenvalue weighted by Gasteiger charge is 2.15. The summed E-state index contributed by atoms with van der Waals surface area (Å²) in [6.07, 6.45) is 8.08. The van der Waals surface area contributed by atoms with Crippen LogP contribution in [0.4, 0.5) is 0 Å². The van der Waals surface area contributed by atoms with Crippen molar-refractivity contribution in [2.45, 2.75) is 53.5 Å². The number of fused-ring (bicyclic) bond motifs is 1. The number of unbranched alkanes of at least 4 members (excludes halogenated alkanes) is 1. The molecule has 2 aromatic heterocycles. The Morgan fingerprint density at radius 1 is 0.939 bits per heavy atom. The summed E-state index contributed by atoms with van der Waals surface area (Å²) in [6, 6.07) is 11.0. The predicted molar refractivity (Wildman–Crippen MR) is 139 cm³/mol. The molecule has 0 spiro atoms. The summed E-state index contributed by atoms with van der Waals surface area (Å²) in [5, 5.41) is 0. The molecular weight excluding hydrogens is 406 g/mol. The highest BCUT2D eigenvalue weighted by molar-refractivity contribution is 5.76. The molecule has 1 saturated heterocycles. The Bertz CT molecular complexity index is 1070. The number of pyridine rings is 1. The van der Waals surface area contributed by atoms with Gasteiger partial charge in [0.25, 0.3) is 0 Å². The average Bonchev–Trinajstić information content (AvgIpc) is 3.17. The van der Waals surface area contributed by atoms with E-state index in [0.717, 1.165) is 42.2 Å². The Kier molecular flexibility index (Phi) is 7.94. The van der Waals surface area contributed by atoms with Crippen LogP contribution in [-0.2, 0) is 13.0 Å². The lowest BCUT2D eigenvalue weighted by Crippen LogP contribution is -2.46. The molecule has 1 fully saturated rings. The minimum Gasteiger partial charge on any atom is -0.308 e. The molecule has 3 heterocycles. The van der Waals surface area contributed by atoms with Crippen molar-refractivity contribution in [1.29, 1.82) is 0 Å².